The van der Waals surface area contributed by atoms with Crippen molar-refractivity contribution < 1.29 is 13.9 Å². The van der Waals surface area contributed by atoms with E-state index in [-0.39, 0.29) is 18.3 Å². The second kappa shape index (κ2) is 6.12. The number of fused-ring (bicyclic) bond motifs is 1. The first-order valence-electron chi connectivity index (χ1n) is 6.50. The third-order valence-electron chi connectivity index (χ3n) is 3.20. The summed E-state index contributed by atoms with van der Waals surface area (Å²) in [6, 6.07) is 4.82. The Balaban J connectivity index is 2.18. The number of rotatable bonds is 3. The van der Waals surface area contributed by atoms with Gasteiger partial charge in [0.05, 0.1) is 6.61 Å². The molecule has 0 radical (unpaired) electrons. The fraction of sp³-hybridized carbons (Fsp3) is 0.200. The monoisotopic (exact) mass is 336 g/mol. The summed E-state index contributed by atoms with van der Waals surface area (Å²) in [6.45, 7) is 0.175. The zero-order valence-corrected chi connectivity index (χ0v) is 13.6. The predicted octanol–water partition coefficient (Wildman–Crippen LogP) is 3.33. The van der Waals surface area contributed by atoms with E-state index >= 15 is 0 Å². The second-order valence-electron chi connectivity index (χ2n) is 4.67. The van der Waals surface area contributed by atoms with Gasteiger partial charge in [-0.3, -0.25) is 4.79 Å². The van der Waals surface area contributed by atoms with Crippen LogP contribution in [0.5, 0.6) is 0 Å². The minimum absolute atomic E-state index is 0.175. The summed E-state index contributed by atoms with van der Waals surface area (Å²) < 4.78 is 21.7. The number of nitrogens with zero attached hydrogens (tertiary/aromatic N) is 2. The van der Waals surface area contributed by atoms with E-state index in [0.717, 1.165) is 4.70 Å². The molecule has 0 aliphatic carbocycles. The molecule has 1 aromatic carbocycles. The largest absolute Gasteiger partial charge is 0.380 e. The Morgan fingerprint density at radius 3 is 2.95 bits per heavy atom. The topological polar surface area (TPSA) is 43.6 Å². The summed E-state index contributed by atoms with van der Waals surface area (Å²) in [4.78, 5) is 17.7. The average molecular weight is 336 g/mol. The van der Waals surface area contributed by atoms with E-state index in [9.17, 15) is 9.18 Å². The highest BCUT2D eigenvalue weighted by Crippen LogP contribution is 2.34. The molecule has 0 aliphatic rings. The van der Waals surface area contributed by atoms with Crippen LogP contribution in [-0.4, -0.2) is 17.6 Å². The van der Waals surface area contributed by atoms with E-state index in [2.05, 4.69) is 4.99 Å². The number of amides is 1. The first kappa shape index (κ1) is 15.1. The number of halogens is 1. The number of thiazole rings is 1. The molecule has 0 saturated carbocycles. The number of carbonyl (C=O) groups excluding carboxylic acids is 1. The normalized spacial score (nSPS) is 12.2. The van der Waals surface area contributed by atoms with Crippen LogP contribution >= 0.6 is 22.7 Å². The maximum absolute atomic E-state index is 14.1. The number of carbonyl (C=O) groups is 1. The van der Waals surface area contributed by atoms with Crippen LogP contribution in [0.4, 0.5) is 4.39 Å². The molecule has 0 saturated heterocycles. The molecule has 0 fully saturated rings. The molecule has 0 N–H and O–H groups in total. The van der Waals surface area contributed by atoms with Gasteiger partial charge in [-0.25, -0.2) is 4.39 Å². The molecule has 7 heteroatoms. The molecular formula is C15H13FN2O2S2. The van der Waals surface area contributed by atoms with Crippen molar-refractivity contribution in [3.8, 4) is 0 Å². The summed E-state index contributed by atoms with van der Waals surface area (Å²) in [7, 11) is 3.35. The van der Waals surface area contributed by atoms with Crippen molar-refractivity contribution in [2.24, 2.45) is 12.0 Å². The summed E-state index contributed by atoms with van der Waals surface area (Å²) in [5.41, 5.74) is 0.563. The number of hydrogen-bond acceptors (Lipinski definition) is 4. The minimum Gasteiger partial charge on any atom is -0.380 e. The minimum atomic E-state index is -0.370. The fourth-order valence-electron chi connectivity index (χ4n) is 2.19. The number of thiophene rings is 1. The van der Waals surface area contributed by atoms with Crippen molar-refractivity contribution >= 4 is 38.7 Å². The van der Waals surface area contributed by atoms with Crippen molar-refractivity contribution in [1.29, 1.82) is 0 Å². The Morgan fingerprint density at radius 2 is 2.27 bits per heavy atom. The van der Waals surface area contributed by atoms with Gasteiger partial charge in [-0.15, -0.1) is 22.7 Å². The quantitative estimate of drug-likeness (QED) is 0.736. The van der Waals surface area contributed by atoms with Gasteiger partial charge in [0.2, 0.25) is 0 Å². The van der Waals surface area contributed by atoms with E-state index in [1.807, 2.05) is 18.6 Å². The Kier molecular flexibility index (Phi) is 4.19. The third kappa shape index (κ3) is 2.63. The maximum atomic E-state index is 14.1. The Labute approximate surface area is 134 Å². The van der Waals surface area contributed by atoms with E-state index in [1.165, 1.54) is 35.8 Å². The summed E-state index contributed by atoms with van der Waals surface area (Å²) in [5.74, 6) is -0.716. The van der Waals surface area contributed by atoms with Crippen LogP contribution in [0.25, 0.3) is 10.1 Å². The Hall–Kier alpha value is -1.83. The van der Waals surface area contributed by atoms with Gasteiger partial charge in [0.15, 0.2) is 4.80 Å². The molecular weight excluding hydrogens is 323 g/mol. The van der Waals surface area contributed by atoms with E-state index in [4.69, 9.17) is 4.74 Å². The maximum Gasteiger partial charge on any atom is 0.290 e. The molecule has 0 aliphatic heterocycles. The van der Waals surface area contributed by atoms with Crippen LogP contribution in [0.2, 0.25) is 0 Å². The van der Waals surface area contributed by atoms with Crippen molar-refractivity contribution in [2.75, 3.05) is 7.11 Å². The van der Waals surface area contributed by atoms with Crippen LogP contribution < -0.4 is 4.80 Å². The molecule has 0 atom stereocenters. The zero-order valence-electron chi connectivity index (χ0n) is 12.0. The summed E-state index contributed by atoms with van der Waals surface area (Å²) in [5, 5.41) is 2.30. The van der Waals surface area contributed by atoms with Crippen LogP contribution in [0.15, 0.2) is 34.8 Å². The second-order valence-corrected chi connectivity index (χ2v) is 6.59. The molecule has 2 heterocycles. The summed E-state index contributed by atoms with van der Waals surface area (Å²) >= 11 is 2.62. The Morgan fingerprint density at radius 1 is 1.45 bits per heavy atom. The standard InChI is InChI=1S/C15H13FN2O2S2/c1-18-6-7-21-15(18)17-14(19)13-9(8-20-2)12-10(16)4-3-5-11(12)22-13/h3-7H,8H2,1-2H3. The average Bonchev–Trinajstić information content (AvgIpc) is 3.05. The molecule has 0 spiro atoms. The number of benzene rings is 1. The van der Waals surface area contributed by atoms with Crippen LogP contribution in [0.1, 0.15) is 15.2 Å². The summed E-state index contributed by atoms with van der Waals surface area (Å²) in [6.07, 6.45) is 1.83. The van der Waals surface area contributed by atoms with Gasteiger partial charge in [-0.1, -0.05) is 6.07 Å². The van der Waals surface area contributed by atoms with E-state index in [0.29, 0.717) is 20.6 Å². The lowest BCUT2D eigenvalue weighted by molar-refractivity contribution is 0.0997. The van der Waals surface area contributed by atoms with Gasteiger partial charge >= 0.3 is 0 Å². The smallest absolute Gasteiger partial charge is 0.290 e. The molecule has 4 nitrogen and oxygen atoms in total. The lowest BCUT2D eigenvalue weighted by atomic mass is 10.1. The van der Waals surface area contributed by atoms with Gasteiger partial charge in [-0.2, -0.15) is 4.99 Å². The number of hydrogen-bond donors (Lipinski definition) is 0. The van der Waals surface area contributed by atoms with Gasteiger partial charge in [0, 0.05) is 41.4 Å². The molecule has 3 rings (SSSR count). The molecule has 1 amide bonds. The highest BCUT2D eigenvalue weighted by Gasteiger charge is 2.20. The zero-order chi connectivity index (χ0) is 15.7. The molecule has 3 aromatic rings. The third-order valence-corrected chi connectivity index (χ3v) is 5.24. The van der Waals surface area contributed by atoms with Gasteiger partial charge in [-0.05, 0) is 12.1 Å². The number of aromatic nitrogens is 1. The highest BCUT2D eigenvalue weighted by atomic mass is 32.1. The number of aryl methyl sites for hydroxylation is 1. The van der Waals surface area contributed by atoms with Crippen molar-refractivity contribution in [2.45, 2.75) is 6.61 Å². The molecule has 114 valence electrons. The van der Waals surface area contributed by atoms with Crippen LogP contribution in [0.3, 0.4) is 0 Å². The molecule has 22 heavy (non-hydrogen) atoms. The van der Waals surface area contributed by atoms with Gasteiger partial charge in [0.25, 0.3) is 5.91 Å². The molecule has 0 bridgehead atoms. The highest BCUT2D eigenvalue weighted by molar-refractivity contribution is 7.21. The lowest BCUT2D eigenvalue weighted by Gasteiger charge is -2.01. The molecule has 2 aromatic heterocycles. The number of ether oxygens (including phenoxy) is 1. The fourth-order valence-corrected chi connectivity index (χ4v) is 4.03. The van der Waals surface area contributed by atoms with Gasteiger partial charge < -0.3 is 9.30 Å². The number of methoxy groups -OCH3 is 1. The van der Waals surface area contributed by atoms with Crippen LogP contribution in [0, 0.1) is 5.82 Å². The van der Waals surface area contributed by atoms with Crippen molar-refractivity contribution in [3.05, 3.63) is 50.8 Å². The first-order chi connectivity index (χ1) is 10.6. The molecule has 0 unspecified atom stereocenters. The van der Waals surface area contributed by atoms with Crippen LogP contribution in [-0.2, 0) is 18.4 Å². The van der Waals surface area contributed by atoms with E-state index in [1.54, 1.807) is 16.7 Å². The van der Waals surface area contributed by atoms with Crippen molar-refractivity contribution in [1.82, 2.24) is 4.57 Å². The first-order valence-corrected chi connectivity index (χ1v) is 8.19. The van der Waals surface area contributed by atoms with Crippen molar-refractivity contribution in [3.63, 3.8) is 0 Å². The SMILES string of the molecule is COCc1c(C(=O)N=c2sccn2C)sc2cccc(F)c12. The predicted molar refractivity (Wildman–Crippen MR) is 85.7 cm³/mol. The van der Waals surface area contributed by atoms with E-state index < -0.39 is 0 Å². The van der Waals surface area contributed by atoms with Gasteiger partial charge in [0.1, 0.15) is 10.7 Å². The Bertz CT molecular complexity index is 908. The lowest BCUT2D eigenvalue weighted by Crippen LogP contribution is -2.12.